The minimum absolute atomic E-state index is 0.220. The van der Waals surface area contributed by atoms with Gasteiger partial charge in [-0.2, -0.15) is 4.31 Å². The number of carbonyl (C=O) groups is 1. The first-order chi connectivity index (χ1) is 8.50. The third kappa shape index (κ3) is 2.65. The second kappa shape index (κ2) is 4.99. The third-order valence-electron chi connectivity index (χ3n) is 2.54. The average Bonchev–Trinajstić information content (AvgIpc) is 2.54. The van der Waals surface area contributed by atoms with Crippen LogP contribution in [0, 0.1) is 5.82 Å². The molecule has 0 unspecified atom stereocenters. The minimum Gasteiger partial charge on any atom is -0.355 e. The maximum atomic E-state index is 13.0. The van der Waals surface area contributed by atoms with Gasteiger partial charge < -0.3 is 5.32 Å². The Kier molecular flexibility index (Phi) is 3.58. The molecule has 0 atom stereocenters. The number of rotatable bonds is 2. The molecule has 1 aromatic rings. The van der Waals surface area contributed by atoms with Crippen LogP contribution in [-0.4, -0.2) is 43.2 Å². The van der Waals surface area contributed by atoms with E-state index in [2.05, 4.69) is 10.3 Å². The van der Waals surface area contributed by atoms with Crippen molar-refractivity contribution in [3.05, 3.63) is 24.3 Å². The molecule has 6 nitrogen and oxygen atoms in total. The molecule has 18 heavy (non-hydrogen) atoms. The number of nitrogens with zero attached hydrogens (tertiary/aromatic N) is 2. The van der Waals surface area contributed by atoms with E-state index in [4.69, 9.17) is 0 Å². The number of pyridine rings is 1. The summed E-state index contributed by atoms with van der Waals surface area (Å²) in [6.07, 6.45) is 2.52. The normalized spacial score (nSPS) is 18.2. The van der Waals surface area contributed by atoms with E-state index in [0.717, 1.165) is 22.8 Å². The van der Waals surface area contributed by atoms with Crippen LogP contribution < -0.4 is 5.32 Å². The first-order valence-corrected chi connectivity index (χ1v) is 6.81. The molecule has 8 heteroatoms. The molecule has 98 valence electrons. The van der Waals surface area contributed by atoms with Crippen LogP contribution in [0.5, 0.6) is 0 Å². The van der Waals surface area contributed by atoms with Crippen LogP contribution in [0.1, 0.15) is 6.42 Å². The van der Waals surface area contributed by atoms with E-state index in [1.54, 1.807) is 0 Å². The van der Waals surface area contributed by atoms with Crippen molar-refractivity contribution in [2.45, 2.75) is 11.3 Å². The Hall–Kier alpha value is -1.54. The first kappa shape index (κ1) is 12.9. The third-order valence-corrected chi connectivity index (χ3v) is 4.35. The van der Waals surface area contributed by atoms with Crippen molar-refractivity contribution in [3.63, 3.8) is 0 Å². The van der Waals surface area contributed by atoms with Gasteiger partial charge in [0.2, 0.25) is 15.9 Å². The Morgan fingerprint density at radius 2 is 2.17 bits per heavy atom. The summed E-state index contributed by atoms with van der Waals surface area (Å²) in [5.41, 5.74) is 0. The molecule has 1 saturated heterocycles. The molecule has 1 aliphatic heterocycles. The van der Waals surface area contributed by atoms with E-state index in [9.17, 15) is 17.6 Å². The zero-order valence-corrected chi connectivity index (χ0v) is 10.3. The predicted molar refractivity (Wildman–Crippen MR) is 60.6 cm³/mol. The lowest BCUT2D eigenvalue weighted by Gasteiger charge is -2.18. The zero-order valence-electron chi connectivity index (χ0n) is 9.47. The molecule has 1 aromatic heterocycles. The fraction of sp³-hybridized carbons (Fsp3) is 0.400. The van der Waals surface area contributed by atoms with Crippen molar-refractivity contribution in [1.82, 2.24) is 14.6 Å². The Morgan fingerprint density at radius 3 is 2.89 bits per heavy atom. The Bertz CT molecular complexity index is 561. The van der Waals surface area contributed by atoms with Gasteiger partial charge in [0.05, 0.1) is 12.7 Å². The molecule has 0 bridgehead atoms. The number of hydrogen-bond donors (Lipinski definition) is 1. The van der Waals surface area contributed by atoms with Gasteiger partial charge in [0.25, 0.3) is 0 Å². The first-order valence-electron chi connectivity index (χ1n) is 5.37. The topological polar surface area (TPSA) is 79.4 Å². The largest absolute Gasteiger partial charge is 0.355 e. The van der Waals surface area contributed by atoms with Crippen LogP contribution in [0.4, 0.5) is 4.39 Å². The van der Waals surface area contributed by atoms with Crippen molar-refractivity contribution in [3.8, 4) is 0 Å². The lowest BCUT2D eigenvalue weighted by molar-refractivity contribution is -0.120. The second-order valence-corrected chi connectivity index (χ2v) is 5.82. The van der Waals surface area contributed by atoms with E-state index in [-0.39, 0.29) is 23.9 Å². The van der Waals surface area contributed by atoms with Crippen LogP contribution in [0.15, 0.2) is 23.4 Å². The standard InChI is InChI=1S/C10H12FN3O3S/c11-8-4-9(6-12-5-8)18(16,17)14-3-1-2-13-10(15)7-14/h4-6H,1-3,7H2,(H,13,15). The van der Waals surface area contributed by atoms with E-state index in [1.807, 2.05) is 0 Å². The van der Waals surface area contributed by atoms with E-state index in [0.29, 0.717) is 13.0 Å². The van der Waals surface area contributed by atoms with Gasteiger partial charge in [0.15, 0.2) is 0 Å². The van der Waals surface area contributed by atoms with Crippen molar-refractivity contribution in [2.75, 3.05) is 19.6 Å². The summed E-state index contributed by atoms with van der Waals surface area (Å²) in [5, 5.41) is 2.57. The molecule has 1 fully saturated rings. The summed E-state index contributed by atoms with van der Waals surface area (Å²) in [6.45, 7) is 0.405. The van der Waals surface area contributed by atoms with Gasteiger partial charge in [-0.05, 0) is 12.5 Å². The van der Waals surface area contributed by atoms with Gasteiger partial charge in [0.1, 0.15) is 10.7 Å². The fourth-order valence-electron chi connectivity index (χ4n) is 1.67. The molecular weight excluding hydrogens is 261 g/mol. The van der Waals surface area contributed by atoms with Crippen molar-refractivity contribution >= 4 is 15.9 Å². The maximum absolute atomic E-state index is 13.0. The van der Waals surface area contributed by atoms with E-state index >= 15 is 0 Å². The summed E-state index contributed by atoms with van der Waals surface area (Å²) >= 11 is 0. The van der Waals surface area contributed by atoms with E-state index in [1.165, 1.54) is 0 Å². The summed E-state index contributed by atoms with van der Waals surface area (Å²) in [6, 6.07) is 0.894. The number of sulfonamides is 1. The summed E-state index contributed by atoms with van der Waals surface area (Å²) < 4.78 is 38.4. The summed E-state index contributed by atoms with van der Waals surface area (Å²) in [7, 11) is -3.87. The van der Waals surface area contributed by atoms with Gasteiger partial charge in [-0.3, -0.25) is 9.78 Å². The maximum Gasteiger partial charge on any atom is 0.245 e. The highest BCUT2D eigenvalue weighted by Gasteiger charge is 2.28. The fourth-order valence-corrected chi connectivity index (χ4v) is 3.08. The number of carbonyl (C=O) groups excluding carboxylic acids is 1. The molecule has 0 aliphatic carbocycles. The van der Waals surface area contributed by atoms with Gasteiger partial charge in [0, 0.05) is 19.3 Å². The van der Waals surface area contributed by atoms with Crippen molar-refractivity contribution in [1.29, 1.82) is 0 Å². The smallest absolute Gasteiger partial charge is 0.245 e. The molecule has 0 spiro atoms. The Morgan fingerprint density at radius 1 is 1.39 bits per heavy atom. The van der Waals surface area contributed by atoms with Crippen molar-refractivity contribution < 1.29 is 17.6 Å². The monoisotopic (exact) mass is 273 g/mol. The number of halogens is 1. The van der Waals surface area contributed by atoms with Gasteiger partial charge >= 0.3 is 0 Å². The van der Waals surface area contributed by atoms with Crippen LogP contribution in [-0.2, 0) is 14.8 Å². The number of nitrogens with one attached hydrogen (secondary N) is 1. The van der Waals surface area contributed by atoms with Crippen LogP contribution in [0.3, 0.4) is 0 Å². The average molecular weight is 273 g/mol. The molecule has 1 N–H and O–H groups in total. The molecule has 2 rings (SSSR count). The van der Waals surface area contributed by atoms with Gasteiger partial charge in [-0.15, -0.1) is 0 Å². The lowest BCUT2D eigenvalue weighted by Crippen LogP contribution is -2.37. The number of hydrogen-bond acceptors (Lipinski definition) is 4. The molecule has 1 aliphatic rings. The highest BCUT2D eigenvalue weighted by molar-refractivity contribution is 7.89. The lowest BCUT2D eigenvalue weighted by atomic mass is 10.4. The van der Waals surface area contributed by atoms with Gasteiger partial charge in [-0.25, -0.2) is 12.8 Å². The molecular formula is C10H12FN3O3S. The summed E-state index contributed by atoms with van der Waals surface area (Å²) in [4.78, 5) is 14.6. The molecule has 0 saturated carbocycles. The molecule has 0 radical (unpaired) electrons. The molecule has 2 heterocycles. The Labute approximate surface area is 104 Å². The second-order valence-electron chi connectivity index (χ2n) is 3.88. The quantitative estimate of drug-likeness (QED) is 0.804. The van der Waals surface area contributed by atoms with Crippen LogP contribution in [0.25, 0.3) is 0 Å². The zero-order chi connectivity index (χ0) is 13.2. The highest BCUT2D eigenvalue weighted by atomic mass is 32.2. The number of amides is 1. The molecule has 1 amide bonds. The van der Waals surface area contributed by atoms with Gasteiger partial charge in [-0.1, -0.05) is 0 Å². The van der Waals surface area contributed by atoms with E-state index < -0.39 is 15.8 Å². The minimum atomic E-state index is -3.87. The number of aromatic nitrogens is 1. The predicted octanol–water partition coefficient (Wildman–Crippen LogP) is -0.269. The Balaban J connectivity index is 2.32. The highest BCUT2D eigenvalue weighted by Crippen LogP contribution is 2.16. The summed E-state index contributed by atoms with van der Waals surface area (Å²) in [5.74, 6) is -1.09. The van der Waals surface area contributed by atoms with Crippen LogP contribution >= 0.6 is 0 Å². The molecule has 0 aromatic carbocycles. The van der Waals surface area contributed by atoms with Crippen LogP contribution in [0.2, 0.25) is 0 Å². The van der Waals surface area contributed by atoms with Crippen molar-refractivity contribution in [2.24, 2.45) is 0 Å². The SMILES string of the molecule is O=C1CN(S(=O)(=O)c2cncc(F)c2)CCCN1.